The second-order valence-electron chi connectivity index (χ2n) is 2.86. The van der Waals surface area contributed by atoms with Gasteiger partial charge in [-0.3, -0.25) is 4.79 Å². The summed E-state index contributed by atoms with van der Waals surface area (Å²) in [5.41, 5.74) is 1.35. The van der Waals surface area contributed by atoms with Crippen molar-refractivity contribution in [3.63, 3.8) is 0 Å². The second-order valence-corrected chi connectivity index (χ2v) is 2.86. The van der Waals surface area contributed by atoms with E-state index < -0.39 is 0 Å². The number of hydrogen-bond donors (Lipinski definition) is 2. The first-order chi connectivity index (χ1) is 6.19. The van der Waals surface area contributed by atoms with E-state index in [0.717, 1.165) is 5.69 Å². The fourth-order valence-electron chi connectivity index (χ4n) is 1.21. The lowest BCUT2D eigenvalue weighted by Crippen LogP contribution is -2.20. The predicted octanol–water partition coefficient (Wildman–Crippen LogP) is 0.411. The molecule has 0 aliphatic heterocycles. The summed E-state index contributed by atoms with van der Waals surface area (Å²) in [6.45, 7) is 2.34. The minimum atomic E-state index is -0.0915. The number of aromatic amines is 1. The molecule has 1 aromatic rings. The molecule has 4 heteroatoms. The van der Waals surface area contributed by atoms with Crippen LogP contribution in [0, 0.1) is 6.92 Å². The van der Waals surface area contributed by atoms with E-state index in [-0.39, 0.29) is 5.56 Å². The Morgan fingerprint density at radius 1 is 1.62 bits per heavy atom. The molecule has 0 bridgehead atoms. The Hall–Kier alpha value is -1.29. The van der Waals surface area contributed by atoms with Crippen LogP contribution in [0.15, 0.2) is 10.9 Å². The highest BCUT2D eigenvalue weighted by molar-refractivity contribution is 5.32. The third-order valence-electron chi connectivity index (χ3n) is 1.80. The summed E-state index contributed by atoms with van der Waals surface area (Å²) >= 11 is 0. The lowest BCUT2D eigenvalue weighted by Gasteiger charge is -2.07. The Morgan fingerprint density at radius 2 is 2.31 bits per heavy atom. The van der Waals surface area contributed by atoms with Gasteiger partial charge < -0.3 is 15.0 Å². The van der Waals surface area contributed by atoms with Crippen LogP contribution in [0.4, 0.5) is 0 Å². The van der Waals surface area contributed by atoms with E-state index in [1.807, 2.05) is 13.0 Å². The standard InChI is InChI=1S/C9H14N2O2/c1-6-4-8(13-3)7(5-10-2)9(12)11-6/h4,10H,5H2,1-3H3,(H,11,12). The fraction of sp³-hybridized carbons (Fsp3) is 0.444. The zero-order valence-electron chi connectivity index (χ0n) is 8.10. The Bertz CT molecular complexity index is 344. The van der Waals surface area contributed by atoms with Crippen molar-refractivity contribution in [1.29, 1.82) is 0 Å². The van der Waals surface area contributed by atoms with Crippen LogP contribution in [0.5, 0.6) is 5.75 Å². The molecule has 1 heterocycles. The van der Waals surface area contributed by atoms with Crippen LogP contribution in [0.25, 0.3) is 0 Å². The summed E-state index contributed by atoms with van der Waals surface area (Å²) in [5, 5.41) is 2.92. The highest BCUT2D eigenvalue weighted by Gasteiger charge is 2.07. The number of nitrogens with one attached hydrogen (secondary N) is 2. The van der Waals surface area contributed by atoms with Crippen LogP contribution in [0.3, 0.4) is 0 Å². The van der Waals surface area contributed by atoms with Gasteiger partial charge in [-0.15, -0.1) is 0 Å². The van der Waals surface area contributed by atoms with Crippen molar-refractivity contribution in [2.75, 3.05) is 14.2 Å². The van der Waals surface area contributed by atoms with Crippen molar-refractivity contribution >= 4 is 0 Å². The zero-order valence-corrected chi connectivity index (χ0v) is 8.10. The Morgan fingerprint density at radius 3 is 2.85 bits per heavy atom. The number of H-pyrrole nitrogens is 1. The summed E-state index contributed by atoms with van der Waals surface area (Å²) in [6.07, 6.45) is 0. The van der Waals surface area contributed by atoms with Crippen LogP contribution < -0.4 is 15.6 Å². The van der Waals surface area contributed by atoms with Gasteiger partial charge in [0.15, 0.2) is 0 Å². The fourth-order valence-corrected chi connectivity index (χ4v) is 1.21. The predicted molar refractivity (Wildman–Crippen MR) is 51.1 cm³/mol. The molecule has 0 atom stereocenters. The molecule has 72 valence electrons. The maximum absolute atomic E-state index is 11.4. The SMILES string of the molecule is CNCc1c(OC)cc(C)[nH]c1=O. The Kier molecular flexibility index (Phi) is 3.08. The van der Waals surface area contributed by atoms with Crippen LogP contribution in [-0.4, -0.2) is 19.1 Å². The van der Waals surface area contributed by atoms with Gasteiger partial charge in [0.05, 0.1) is 12.7 Å². The molecule has 4 nitrogen and oxygen atoms in total. The molecule has 0 radical (unpaired) electrons. The van der Waals surface area contributed by atoms with E-state index in [9.17, 15) is 4.79 Å². The van der Waals surface area contributed by atoms with Crippen molar-refractivity contribution in [3.8, 4) is 5.75 Å². The number of rotatable bonds is 3. The molecule has 1 rings (SSSR count). The van der Waals surface area contributed by atoms with Crippen molar-refractivity contribution in [3.05, 3.63) is 27.7 Å². The maximum Gasteiger partial charge on any atom is 0.256 e. The molecule has 0 fully saturated rings. The summed E-state index contributed by atoms with van der Waals surface area (Å²) in [6, 6.07) is 1.81. The number of aryl methyl sites for hydroxylation is 1. The minimum absolute atomic E-state index is 0.0915. The molecule has 2 N–H and O–H groups in total. The highest BCUT2D eigenvalue weighted by atomic mass is 16.5. The van der Waals surface area contributed by atoms with Gasteiger partial charge in [-0.1, -0.05) is 0 Å². The van der Waals surface area contributed by atoms with Crippen molar-refractivity contribution in [2.45, 2.75) is 13.5 Å². The third kappa shape index (κ3) is 2.09. The lowest BCUT2D eigenvalue weighted by atomic mass is 10.2. The quantitative estimate of drug-likeness (QED) is 0.712. The highest BCUT2D eigenvalue weighted by Crippen LogP contribution is 2.13. The summed E-state index contributed by atoms with van der Waals surface area (Å²) in [7, 11) is 3.35. The zero-order chi connectivity index (χ0) is 9.84. The summed E-state index contributed by atoms with van der Waals surface area (Å²) < 4.78 is 5.10. The molecular weight excluding hydrogens is 168 g/mol. The van der Waals surface area contributed by atoms with E-state index >= 15 is 0 Å². The second kappa shape index (κ2) is 4.09. The third-order valence-corrected chi connectivity index (χ3v) is 1.80. The molecule has 0 aliphatic carbocycles. The topological polar surface area (TPSA) is 54.1 Å². The molecule has 0 aromatic carbocycles. The van der Waals surface area contributed by atoms with Crippen LogP contribution >= 0.6 is 0 Å². The molecule has 0 spiro atoms. The van der Waals surface area contributed by atoms with E-state index in [2.05, 4.69) is 10.3 Å². The van der Waals surface area contributed by atoms with Gasteiger partial charge in [-0.2, -0.15) is 0 Å². The minimum Gasteiger partial charge on any atom is -0.496 e. The largest absolute Gasteiger partial charge is 0.496 e. The Balaban J connectivity index is 3.22. The Labute approximate surface area is 76.9 Å². The smallest absolute Gasteiger partial charge is 0.256 e. The van der Waals surface area contributed by atoms with Gasteiger partial charge in [0.1, 0.15) is 5.75 Å². The van der Waals surface area contributed by atoms with E-state index in [1.165, 1.54) is 0 Å². The van der Waals surface area contributed by atoms with Gasteiger partial charge in [0.2, 0.25) is 0 Å². The van der Waals surface area contributed by atoms with Crippen molar-refractivity contribution < 1.29 is 4.74 Å². The molecule has 13 heavy (non-hydrogen) atoms. The van der Waals surface area contributed by atoms with E-state index in [1.54, 1.807) is 14.2 Å². The van der Waals surface area contributed by atoms with Crippen molar-refractivity contribution in [1.82, 2.24) is 10.3 Å². The molecule has 0 saturated carbocycles. The molecule has 1 aromatic heterocycles. The van der Waals surface area contributed by atoms with Gasteiger partial charge in [0, 0.05) is 12.2 Å². The lowest BCUT2D eigenvalue weighted by molar-refractivity contribution is 0.406. The van der Waals surface area contributed by atoms with Gasteiger partial charge >= 0.3 is 0 Å². The van der Waals surface area contributed by atoms with Crippen LogP contribution in [-0.2, 0) is 6.54 Å². The number of aromatic nitrogens is 1. The molecule has 0 unspecified atom stereocenters. The average Bonchev–Trinajstić information content (AvgIpc) is 2.09. The number of hydrogen-bond acceptors (Lipinski definition) is 3. The number of methoxy groups -OCH3 is 1. The normalized spacial score (nSPS) is 10.1. The van der Waals surface area contributed by atoms with Gasteiger partial charge in [-0.05, 0) is 20.0 Å². The van der Waals surface area contributed by atoms with Crippen molar-refractivity contribution in [2.24, 2.45) is 0 Å². The number of pyridine rings is 1. The summed E-state index contributed by atoms with van der Waals surface area (Å²) in [4.78, 5) is 14.2. The van der Waals surface area contributed by atoms with E-state index in [4.69, 9.17) is 4.74 Å². The van der Waals surface area contributed by atoms with E-state index in [0.29, 0.717) is 17.9 Å². The van der Waals surface area contributed by atoms with Gasteiger partial charge in [-0.25, -0.2) is 0 Å². The molecule has 0 saturated heterocycles. The first-order valence-electron chi connectivity index (χ1n) is 4.10. The first-order valence-corrected chi connectivity index (χ1v) is 4.10. The number of ether oxygens (including phenoxy) is 1. The molecule has 0 aliphatic rings. The van der Waals surface area contributed by atoms with Crippen LogP contribution in [0.1, 0.15) is 11.3 Å². The van der Waals surface area contributed by atoms with Crippen LogP contribution in [0.2, 0.25) is 0 Å². The summed E-state index contributed by atoms with van der Waals surface area (Å²) in [5.74, 6) is 0.635. The molecular formula is C9H14N2O2. The maximum atomic E-state index is 11.4. The monoisotopic (exact) mass is 182 g/mol. The van der Waals surface area contributed by atoms with Gasteiger partial charge in [0.25, 0.3) is 5.56 Å². The average molecular weight is 182 g/mol. The first kappa shape index (κ1) is 9.80. The molecule has 0 amide bonds.